The standard InChI is InChI=1S/C19H31N7O2/c1-12-9-17(22-8-7-21-13(2)27)25-18(23-12)26-19(28)24-16-4-3-15-11-20-6-5-14(15)10-16/h3-4,10,12,17-18,20,22-23,25H,5-9,11H2,1-2H3,(H,21,27)(H2,24,26,28). The Hall–Kier alpha value is -2.20. The van der Waals surface area contributed by atoms with Gasteiger partial charge in [-0.05, 0) is 49.6 Å². The van der Waals surface area contributed by atoms with E-state index in [4.69, 9.17) is 0 Å². The van der Waals surface area contributed by atoms with Crippen LogP contribution in [-0.2, 0) is 17.8 Å². The molecule has 9 nitrogen and oxygen atoms in total. The maximum absolute atomic E-state index is 12.4. The van der Waals surface area contributed by atoms with Crippen LogP contribution in [0.1, 0.15) is 31.4 Å². The molecule has 1 saturated heterocycles. The van der Waals surface area contributed by atoms with E-state index in [1.807, 2.05) is 12.1 Å². The van der Waals surface area contributed by atoms with Gasteiger partial charge in [-0.1, -0.05) is 6.07 Å². The molecular formula is C19H31N7O2. The third-order valence-corrected chi connectivity index (χ3v) is 4.92. The highest BCUT2D eigenvalue weighted by Gasteiger charge is 2.25. The molecule has 3 rings (SSSR count). The van der Waals surface area contributed by atoms with Crippen LogP contribution in [0.2, 0.25) is 0 Å². The monoisotopic (exact) mass is 389 g/mol. The van der Waals surface area contributed by atoms with Gasteiger partial charge < -0.3 is 26.6 Å². The van der Waals surface area contributed by atoms with Crippen molar-refractivity contribution >= 4 is 17.6 Å². The number of hydrogen-bond donors (Lipinski definition) is 7. The summed E-state index contributed by atoms with van der Waals surface area (Å²) >= 11 is 0. The highest BCUT2D eigenvalue weighted by molar-refractivity contribution is 5.89. The van der Waals surface area contributed by atoms with Crippen molar-refractivity contribution in [2.75, 3.05) is 25.0 Å². The van der Waals surface area contributed by atoms with Gasteiger partial charge in [0.1, 0.15) is 6.29 Å². The first-order chi connectivity index (χ1) is 13.5. The fraction of sp³-hybridized carbons (Fsp3) is 0.579. The molecule has 3 unspecified atom stereocenters. The molecule has 0 spiro atoms. The van der Waals surface area contributed by atoms with E-state index in [-0.39, 0.29) is 30.4 Å². The van der Waals surface area contributed by atoms with E-state index in [1.165, 1.54) is 18.1 Å². The van der Waals surface area contributed by atoms with Gasteiger partial charge in [-0.15, -0.1) is 0 Å². The molecule has 9 heteroatoms. The number of benzene rings is 1. The Morgan fingerprint density at radius 1 is 1.18 bits per heavy atom. The molecule has 0 aliphatic carbocycles. The van der Waals surface area contributed by atoms with E-state index in [0.29, 0.717) is 13.1 Å². The average Bonchev–Trinajstić information content (AvgIpc) is 2.64. The largest absolute Gasteiger partial charge is 0.355 e. The predicted octanol–water partition coefficient (Wildman–Crippen LogP) is -0.239. The molecule has 2 aliphatic heterocycles. The fourth-order valence-corrected chi connectivity index (χ4v) is 3.59. The molecule has 0 radical (unpaired) electrons. The van der Waals surface area contributed by atoms with Crippen LogP contribution in [0.3, 0.4) is 0 Å². The normalized spacial score (nSPS) is 24.1. The Balaban J connectivity index is 1.46. The zero-order valence-corrected chi connectivity index (χ0v) is 16.5. The molecule has 3 atom stereocenters. The van der Waals surface area contributed by atoms with E-state index in [9.17, 15) is 9.59 Å². The van der Waals surface area contributed by atoms with Crippen molar-refractivity contribution in [2.24, 2.45) is 0 Å². The zero-order chi connectivity index (χ0) is 19.9. The van der Waals surface area contributed by atoms with Gasteiger partial charge >= 0.3 is 6.03 Å². The van der Waals surface area contributed by atoms with Crippen molar-refractivity contribution in [1.29, 1.82) is 0 Å². The quantitative estimate of drug-likeness (QED) is 0.338. The fourth-order valence-electron chi connectivity index (χ4n) is 3.59. The van der Waals surface area contributed by atoms with E-state index in [2.05, 4.69) is 50.2 Å². The Kier molecular flexibility index (Phi) is 7.21. The first kappa shape index (κ1) is 20.5. The maximum atomic E-state index is 12.4. The van der Waals surface area contributed by atoms with Gasteiger partial charge in [0, 0.05) is 38.3 Å². The number of anilines is 1. The van der Waals surface area contributed by atoms with E-state index in [0.717, 1.165) is 31.6 Å². The van der Waals surface area contributed by atoms with E-state index >= 15 is 0 Å². The van der Waals surface area contributed by atoms with Crippen LogP contribution >= 0.6 is 0 Å². The van der Waals surface area contributed by atoms with Crippen LogP contribution in [-0.4, -0.2) is 50.1 Å². The van der Waals surface area contributed by atoms with Crippen LogP contribution in [0.15, 0.2) is 18.2 Å². The van der Waals surface area contributed by atoms with E-state index < -0.39 is 0 Å². The van der Waals surface area contributed by atoms with Crippen molar-refractivity contribution in [3.8, 4) is 0 Å². The Labute approximate surface area is 165 Å². The minimum atomic E-state index is -0.344. The molecule has 7 N–H and O–H groups in total. The van der Waals surface area contributed by atoms with Crippen LogP contribution in [0.5, 0.6) is 0 Å². The van der Waals surface area contributed by atoms with Crippen LogP contribution < -0.4 is 37.2 Å². The van der Waals surface area contributed by atoms with Crippen molar-refractivity contribution in [3.05, 3.63) is 29.3 Å². The summed E-state index contributed by atoms with van der Waals surface area (Å²) < 4.78 is 0. The lowest BCUT2D eigenvalue weighted by Gasteiger charge is -2.36. The lowest BCUT2D eigenvalue weighted by molar-refractivity contribution is -0.118. The van der Waals surface area contributed by atoms with Crippen LogP contribution in [0, 0.1) is 0 Å². The van der Waals surface area contributed by atoms with Crippen LogP contribution in [0.4, 0.5) is 10.5 Å². The summed E-state index contributed by atoms with van der Waals surface area (Å²) in [4.78, 5) is 23.3. The van der Waals surface area contributed by atoms with Crippen molar-refractivity contribution < 1.29 is 9.59 Å². The summed E-state index contributed by atoms with van der Waals surface area (Å²) in [7, 11) is 0. The lowest BCUT2D eigenvalue weighted by atomic mass is 10.0. The number of urea groups is 1. The topological polar surface area (TPSA) is 118 Å². The van der Waals surface area contributed by atoms with Gasteiger partial charge in [0.15, 0.2) is 0 Å². The van der Waals surface area contributed by atoms with Gasteiger partial charge in [0.2, 0.25) is 5.91 Å². The molecule has 154 valence electrons. The average molecular weight is 390 g/mol. The molecule has 0 aromatic heterocycles. The first-order valence-corrected chi connectivity index (χ1v) is 9.89. The second kappa shape index (κ2) is 9.83. The molecule has 0 saturated carbocycles. The molecular weight excluding hydrogens is 358 g/mol. The molecule has 3 amide bonds. The highest BCUT2D eigenvalue weighted by atomic mass is 16.2. The summed E-state index contributed by atoms with van der Waals surface area (Å²) in [5.41, 5.74) is 3.37. The molecule has 2 heterocycles. The minimum Gasteiger partial charge on any atom is -0.355 e. The molecule has 2 aliphatic rings. The van der Waals surface area contributed by atoms with Crippen LogP contribution in [0.25, 0.3) is 0 Å². The third kappa shape index (κ3) is 6.16. The smallest absolute Gasteiger partial charge is 0.321 e. The highest BCUT2D eigenvalue weighted by Crippen LogP contribution is 2.19. The van der Waals surface area contributed by atoms with Gasteiger partial charge in [-0.3, -0.25) is 15.4 Å². The molecule has 1 aromatic rings. The number of fused-ring (bicyclic) bond motifs is 1. The predicted molar refractivity (Wildman–Crippen MR) is 109 cm³/mol. The lowest BCUT2D eigenvalue weighted by Crippen LogP contribution is -2.68. The first-order valence-electron chi connectivity index (χ1n) is 9.89. The Morgan fingerprint density at radius 2 is 2.04 bits per heavy atom. The Bertz CT molecular complexity index is 697. The molecule has 0 bridgehead atoms. The number of carbonyl (C=O) groups excluding carboxylic acids is 2. The summed E-state index contributed by atoms with van der Waals surface area (Å²) in [6.07, 6.45) is 1.55. The van der Waals surface area contributed by atoms with Gasteiger partial charge in [-0.25, -0.2) is 4.79 Å². The summed E-state index contributed by atoms with van der Waals surface area (Å²) in [5, 5.41) is 21.9. The number of nitrogens with one attached hydrogen (secondary N) is 7. The Morgan fingerprint density at radius 3 is 2.86 bits per heavy atom. The molecule has 1 aromatic carbocycles. The number of hydrogen-bond acceptors (Lipinski definition) is 6. The number of rotatable bonds is 6. The van der Waals surface area contributed by atoms with Gasteiger partial charge in [0.25, 0.3) is 0 Å². The van der Waals surface area contributed by atoms with Gasteiger partial charge in [0.05, 0.1) is 6.17 Å². The third-order valence-electron chi connectivity index (χ3n) is 4.92. The summed E-state index contributed by atoms with van der Waals surface area (Å²) in [6, 6.07) is 6.02. The van der Waals surface area contributed by atoms with Crippen molar-refractivity contribution in [3.63, 3.8) is 0 Å². The SMILES string of the molecule is CC(=O)NCCNC1CC(C)NC(NC(=O)Nc2ccc3c(c2)CCNC3)N1. The number of carbonyl (C=O) groups is 2. The second-order valence-electron chi connectivity index (χ2n) is 7.40. The number of amides is 3. The molecule has 1 fully saturated rings. The summed E-state index contributed by atoms with van der Waals surface area (Å²) in [5.74, 6) is -0.0388. The van der Waals surface area contributed by atoms with Crippen molar-refractivity contribution in [1.82, 2.24) is 31.9 Å². The van der Waals surface area contributed by atoms with Crippen molar-refractivity contribution in [2.45, 2.75) is 51.7 Å². The maximum Gasteiger partial charge on any atom is 0.321 e. The summed E-state index contributed by atoms with van der Waals surface area (Å²) in [6.45, 7) is 6.66. The minimum absolute atomic E-state index is 0.0388. The van der Waals surface area contributed by atoms with E-state index in [1.54, 1.807) is 0 Å². The van der Waals surface area contributed by atoms with Gasteiger partial charge in [-0.2, -0.15) is 0 Å². The molecule has 28 heavy (non-hydrogen) atoms. The second-order valence-corrected chi connectivity index (χ2v) is 7.40. The zero-order valence-electron chi connectivity index (χ0n) is 16.5.